The van der Waals surface area contributed by atoms with E-state index in [0.29, 0.717) is 12.4 Å². The molecule has 0 saturated carbocycles. The molecule has 1 aliphatic heterocycles. The summed E-state index contributed by atoms with van der Waals surface area (Å²) in [6.45, 7) is 4.20. The zero-order valence-corrected chi connectivity index (χ0v) is 13.6. The van der Waals surface area contributed by atoms with Gasteiger partial charge < -0.3 is 10.6 Å². The van der Waals surface area contributed by atoms with Crippen LogP contribution in [0.3, 0.4) is 0 Å². The smallest absolute Gasteiger partial charge is 0.235 e. The number of nitrogens with one attached hydrogen (secondary N) is 2. The number of thiophene rings is 1. The second kappa shape index (κ2) is 7.46. The average Bonchev–Trinajstić information content (AvgIpc) is 3.06. The number of hydrogen-bond donors (Lipinski definition) is 2. The second-order valence-electron chi connectivity index (χ2n) is 4.76. The molecule has 0 aliphatic carbocycles. The molecule has 2 heterocycles. The van der Waals surface area contributed by atoms with Crippen molar-refractivity contribution in [3.63, 3.8) is 0 Å². The molecule has 1 fully saturated rings. The highest BCUT2D eigenvalue weighted by molar-refractivity contribution is 7.89. The van der Waals surface area contributed by atoms with Gasteiger partial charge in [0.2, 0.25) is 11.8 Å². The van der Waals surface area contributed by atoms with Gasteiger partial charge in [-0.1, -0.05) is 6.07 Å². The Morgan fingerprint density at radius 1 is 1.57 bits per heavy atom. The van der Waals surface area contributed by atoms with E-state index in [1.165, 1.54) is 0 Å². The van der Waals surface area contributed by atoms with Crippen LogP contribution in [0, 0.1) is 0 Å². The average molecular weight is 326 g/mol. The summed E-state index contributed by atoms with van der Waals surface area (Å²) in [4.78, 5) is 24.9. The Morgan fingerprint density at radius 3 is 3.05 bits per heavy atom. The number of nitrogens with zero attached hydrogens (tertiary/aromatic N) is 2. The van der Waals surface area contributed by atoms with Crippen molar-refractivity contribution in [2.75, 3.05) is 5.88 Å². The Bertz CT molecular complexity index is 577. The zero-order chi connectivity index (χ0) is 15.2. The van der Waals surface area contributed by atoms with Crippen molar-refractivity contribution < 1.29 is 9.59 Å². The first-order valence-electron chi connectivity index (χ1n) is 6.55. The molecule has 21 heavy (non-hydrogen) atoms. The molecule has 2 atom stereocenters. The van der Waals surface area contributed by atoms with Crippen molar-refractivity contribution in [1.29, 1.82) is 0 Å². The Labute approximate surface area is 130 Å². The largest absolute Gasteiger partial charge is 0.351 e. The van der Waals surface area contributed by atoms with E-state index in [-0.39, 0.29) is 18.2 Å². The van der Waals surface area contributed by atoms with Gasteiger partial charge in [-0.25, -0.2) is 0 Å². The molecular formula is C13H18N4O2S2. The molecule has 1 aliphatic rings. The maximum atomic E-state index is 12.0. The molecule has 2 unspecified atom stereocenters. The molecule has 6 nitrogen and oxygen atoms in total. The summed E-state index contributed by atoms with van der Waals surface area (Å²) in [5.74, 6) is 0.228. The van der Waals surface area contributed by atoms with Crippen LogP contribution in [-0.2, 0) is 26.8 Å². The second-order valence-corrected chi connectivity index (χ2v) is 7.62. The summed E-state index contributed by atoms with van der Waals surface area (Å²) in [5.41, 5.74) is 0.836. The number of rotatable bonds is 5. The molecule has 0 radical (unpaired) electrons. The number of carbonyl (C=O) groups excluding carboxylic acids is 2. The van der Waals surface area contributed by atoms with Crippen molar-refractivity contribution in [3.8, 4) is 0 Å². The summed E-state index contributed by atoms with van der Waals surface area (Å²) in [6.07, 6.45) is 0.155. The molecule has 8 heteroatoms. The van der Waals surface area contributed by atoms with E-state index in [1.807, 2.05) is 31.4 Å². The van der Waals surface area contributed by atoms with Crippen LogP contribution in [-0.4, -0.2) is 28.7 Å². The normalized spacial score (nSPS) is 21.1. The third kappa shape index (κ3) is 4.75. The van der Waals surface area contributed by atoms with E-state index in [2.05, 4.69) is 20.2 Å². The highest BCUT2D eigenvalue weighted by Crippen LogP contribution is 2.13. The van der Waals surface area contributed by atoms with Gasteiger partial charge in [-0.2, -0.15) is 5.10 Å². The van der Waals surface area contributed by atoms with Crippen LogP contribution in [0.5, 0.6) is 0 Å². The van der Waals surface area contributed by atoms with Crippen LogP contribution in [0.4, 0.5) is 0 Å². The summed E-state index contributed by atoms with van der Waals surface area (Å²) in [6, 6.07) is 3.91. The zero-order valence-electron chi connectivity index (χ0n) is 12.0. The number of hydrogen-bond acceptors (Lipinski definition) is 4. The third-order valence-corrected chi connectivity index (χ3v) is 5.42. The molecule has 2 amide bonds. The van der Waals surface area contributed by atoms with E-state index >= 15 is 0 Å². The Balaban J connectivity index is 1.92. The van der Waals surface area contributed by atoms with Gasteiger partial charge in [-0.05, 0) is 36.0 Å². The van der Waals surface area contributed by atoms with Gasteiger partial charge in [0.05, 0.1) is 12.4 Å². The van der Waals surface area contributed by atoms with Gasteiger partial charge in [0, 0.05) is 17.0 Å². The molecule has 0 spiro atoms. The highest BCUT2D eigenvalue weighted by Gasteiger charge is 2.32. The minimum Gasteiger partial charge on any atom is -0.351 e. The van der Waals surface area contributed by atoms with Crippen molar-refractivity contribution in [1.82, 2.24) is 10.6 Å². The third-order valence-electron chi connectivity index (χ3n) is 2.77. The lowest BCUT2D eigenvalue weighted by Gasteiger charge is -2.08. The van der Waals surface area contributed by atoms with Crippen LogP contribution in [0.25, 0.3) is 0 Å². The van der Waals surface area contributed by atoms with E-state index in [9.17, 15) is 9.59 Å². The van der Waals surface area contributed by atoms with Gasteiger partial charge in [0.25, 0.3) is 0 Å². The van der Waals surface area contributed by atoms with Gasteiger partial charge in [0.1, 0.15) is 5.25 Å². The van der Waals surface area contributed by atoms with Crippen molar-refractivity contribution >= 4 is 39.6 Å². The van der Waals surface area contributed by atoms with Crippen LogP contribution >= 0.6 is 11.3 Å². The van der Waals surface area contributed by atoms with Crippen molar-refractivity contribution in [3.05, 3.63) is 22.4 Å². The summed E-state index contributed by atoms with van der Waals surface area (Å²) < 4.78 is 4.17. The molecule has 0 bridgehead atoms. The maximum Gasteiger partial charge on any atom is 0.235 e. The van der Waals surface area contributed by atoms with Gasteiger partial charge in [-0.3, -0.25) is 9.59 Å². The molecule has 114 valence electrons. The van der Waals surface area contributed by atoms with Gasteiger partial charge in [0.15, 0.2) is 0 Å². The van der Waals surface area contributed by atoms with Crippen LogP contribution in [0.15, 0.2) is 27.1 Å². The van der Waals surface area contributed by atoms with Crippen LogP contribution < -0.4 is 10.6 Å². The predicted molar refractivity (Wildman–Crippen MR) is 86.2 cm³/mol. The fourth-order valence-corrected chi connectivity index (χ4v) is 3.98. The fourth-order valence-electron chi connectivity index (χ4n) is 1.73. The van der Waals surface area contributed by atoms with E-state index < -0.39 is 15.9 Å². The number of amides is 2. The first kappa shape index (κ1) is 15.8. The Morgan fingerprint density at radius 2 is 2.38 bits per heavy atom. The Hall–Kier alpha value is -1.54. The molecule has 1 saturated heterocycles. The lowest BCUT2D eigenvalue weighted by molar-refractivity contribution is -0.125. The quantitative estimate of drug-likeness (QED) is 0.633. The minimum atomic E-state index is -0.558. The first-order valence-corrected chi connectivity index (χ1v) is 8.84. The molecule has 1 aromatic heterocycles. The summed E-state index contributed by atoms with van der Waals surface area (Å²) in [5, 5.41) is 11.2. The SMILES string of the molecule is CC(C)=N/N=S1\CNC(=O)C1CC(=O)NCc1cccs1. The van der Waals surface area contributed by atoms with Crippen molar-refractivity contribution in [2.24, 2.45) is 9.57 Å². The van der Waals surface area contributed by atoms with Crippen molar-refractivity contribution in [2.45, 2.75) is 32.1 Å². The highest BCUT2D eigenvalue weighted by atomic mass is 32.2. The predicted octanol–water partition coefficient (Wildman–Crippen LogP) is 1.41. The summed E-state index contributed by atoms with van der Waals surface area (Å²) >= 11 is 1.59. The summed E-state index contributed by atoms with van der Waals surface area (Å²) in [7, 11) is -0.558. The lowest BCUT2D eigenvalue weighted by atomic mass is 10.2. The fraction of sp³-hybridized carbons (Fsp3) is 0.462. The van der Waals surface area contributed by atoms with E-state index in [4.69, 9.17) is 0 Å². The topological polar surface area (TPSA) is 82.9 Å². The number of carbonyl (C=O) groups is 2. The minimum absolute atomic E-state index is 0.114. The first-order chi connectivity index (χ1) is 10.1. The standard InChI is InChI=1S/C13H18N4O2S2/c1-9(2)16-17-21-8-15-13(19)11(21)6-12(18)14-7-10-4-3-5-20-10/h3-5,11H,6-8H2,1-2H3,(H,14,18)(H,15,19). The Kier molecular flexibility index (Phi) is 5.63. The van der Waals surface area contributed by atoms with E-state index in [1.54, 1.807) is 11.3 Å². The van der Waals surface area contributed by atoms with E-state index in [0.717, 1.165) is 10.6 Å². The maximum absolute atomic E-state index is 12.0. The molecule has 0 aromatic carbocycles. The molecule has 2 rings (SSSR count). The molecular weight excluding hydrogens is 308 g/mol. The van der Waals surface area contributed by atoms with Crippen LogP contribution in [0.2, 0.25) is 0 Å². The molecule has 2 N–H and O–H groups in total. The van der Waals surface area contributed by atoms with Crippen LogP contribution in [0.1, 0.15) is 25.1 Å². The lowest BCUT2D eigenvalue weighted by Crippen LogP contribution is -2.32. The van der Waals surface area contributed by atoms with Gasteiger partial charge in [-0.15, -0.1) is 15.8 Å². The molecule has 1 aromatic rings. The monoisotopic (exact) mass is 326 g/mol. The van der Waals surface area contributed by atoms with Gasteiger partial charge >= 0.3 is 0 Å².